The second kappa shape index (κ2) is 37.7. The molecule has 0 aromatic heterocycles. The minimum Gasteiger partial charge on any atom is -1.00 e. The van der Waals surface area contributed by atoms with E-state index in [9.17, 15) is 0 Å². The molecule has 0 aliphatic rings. The van der Waals surface area contributed by atoms with E-state index in [0.29, 0.717) is 0 Å². The molecule has 0 N–H and O–H groups in total. The number of nitrogens with zero attached hydrogens (tertiary/aromatic N) is 2. The normalized spacial score (nSPS) is 6.46. The van der Waals surface area contributed by atoms with Gasteiger partial charge in [-0.15, -0.1) is 0 Å². The quantitative estimate of drug-likeness (QED) is 0.451. The number of rotatable bonds is 4. The molecule has 5 heteroatoms. The summed E-state index contributed by atoms with van der Waals surface area (Å²) in [6.07, 6.45) is 0. The third kappa shape index (κ3) is 59.9. The molecule has 0 aromatic rings. The Hall–Kier alpha value is 1.37. The van der Waals surface area contributed by atoms with E-state index in [0.717, 1.165) is 26.2 Å². The Morgan fingerprint density at radius 3 is 0.769 bits per heavy atom. The molecule has 0 amide bonds. The predicted molar refractivity (Wildman–Crippen MR) is 48.9 cm³/mol. The van der Waals surface area contributed by atoms with Crippen LogP contribution in [0, 0.1) is 0 Å². The minimum atomic E-state index is 0. The summed E-state index contributed by atoms with van der Waals surface area (Å²) >= 11 is 0. The van der Waals surface area contributed by atoms with Gasteiger partial charge in [0, 0.05) is 0 Å². The zero-order valence-corrected chi connectivity index (χ0v) is 14.1. The van der Waals surface area contributed by atoms with Gasteiger partial charge in [0.15, 0.2) is 0 Å². The van der Waals surface area contributed by atoms with Crippen molar-refractivity contribution in [1.29, 1.82) is 0 Å². The third-order valence-corrected chi connectivity index (χ3v) is 0.894. The fourth-order valence-corrected chi connectivity index (χ4v) is 0.447. The SMILES string of the molecule is CC[N-]CC.CC[N-]CC.[Cl-].[Cl-].[Hf+4]. The molecule has 0 bridgehead atoms. The van der Waals surface area contributed by atoms with Crippen LogP contribution in [0.5, 0.6) is 0 Å². The summed E-state index contributed by atoms with van der Waals surface area (Å²) in [5.74, 6) is 0. The summed E-state index contributed by atoms with van der Waals surface area (Å²) in [6.45, 7) is 12.1. The Bertz CT molecular complexity index is 41.1. The van der Waals surface area contributed by atoms with Crippen LogP contribution in [0.4, 0.5) is 0 Å². The maximum atomic E-state index is 3.97. The smallest absolute Gasteiger partial charge is 1.00 e. The van der Waals surface area contributed by atoms with Gasteiger partial charge in [-0.1, -0.05) is 27.7 Å². The zero-order valence-electron chi connectivity index (χ0n) is 8.98. The Morgan fingerprint density at radius 2 is 0.769 bits per heavy atom. The Balaban J connectivity index is -0.0000000267. The fourth-order valence-electron chi connectivity index (χ4n) is 0.447. The Morgan fingerprint density at radius 1 is 0.615 bits per heavy atom. The van der Waals surface area contributed by atoms with Crippen LogP contribution >= 0.6 is 0 Å². The van der Waals surface area contributed by atoms with E-state index in [1.54, 1.807) is 0 Å². The van der Waals surface area contributed by atoms with Gasteiger partial charge < -0.3 is 35.4 Å². The molecule has 0 fully saturated rings. The van der Waals surface area contributed by atoms with E-state index < -0.39 is 0 Å². The van der Waals surface area contributed by atoms with Gasteiger partial charge in [0.2, 0.25) is 0 Å². The van der Waals surface area contributed by atoms with E-state index in [1.165, 1.54) is 0 Å². The summed E-state index contributed by atoms with van der Waals surface area (Å²) < 4.78 is 0. The van der Waals surface area contributed by atoms with Gasteiger partial charge in [-0.25, -0.2) is 0 Å². The fraction of sp³-hybridized carbons (Fsp3) is 1.00. The summed E-state index contributed by atoms with van der Waals surface area (Å²) in [7, 11) is 0. The van der Waals surface area contributed by atoms with Crippen LogP contribution in [0.15, 0.2) is 0 Å². The van der Waals surface area contributed by atoms with Crippen LogP contribution in [0.2, 0.25) is 0 Å². The topological polar surface area (TPSA) is 28.2 Å². The predicted octanol–water partition coefficient (Wildman–Crippen LogP) is -3.19. The molecular weight excluding hydrogens is 373 g/mol. The van der Waals surface area contributed by atoms with Crippen LogP contribution in [-0.4, -0.2) is 26.2 Å². The largest absolute Gasteiger partial charge is 4.00 e. The molecular formula is C8H20Cl2HfN2. The van der Waals surface area contributed by atoms with Crippen molar-refractivity contribution in [2.24, 2.45) is 0 Å². The number of hydrogen-bond donors (Lipinski definition) is 0. The summed E-state index contributed by atoms with van der Waals surface area (Å²) in [5, 5.41) is 7.94. The monoisotopic (exact) mass is 394 g/mol. The van der Waals surface area contributed by atoms with Gasteiger partial charge in [0.1, 0.15) is 0 Å². The van der Waals surface area contributed by atoms with Crippen molar-refractivity contribution in [3.8, 4) is 0 Å². The van der Waals surface area contributed by atoms with Crippen LogP contribution in [0.25, 0.3) is 10.6 Å². The van der Waals surface area contributed by atoms with E-state index in [-0.39, 0.29) is 50.7 Å². The molecule has 2 nitrogen and oxygen atoms in total. The summed E-state index contributed by atoms with van der Waals surface area (Å²) in [5.41, 5.74) is 0. The molecule has 0 rings (SSSR count). The second-order valence-corrected chi connectivity index (χ2v) is 1.71. The molecule has 0 unspecified atom stereocenters. The van der Waals surface area contributed by atoms with E-state index >= 15 is 0 Å². The first-order valence-corrected chi connectivity index (χ1v) is 4.09. The van der Waals surface area contributed by atoms with Crippen molar-refractivity contribution < 1.29 is 50.7 Å². The van der Waals surface area contributed by atoms with E-state index in [1.807, 2.05) is 27.7 Å². The molecule has 0 heterocycles. The Labute approximate surface area is 115 Å². The van der Waals surface area contributed by atoms with Crippen molar-refractivity contribution >= 4 is 0 Å². The molecule has 80 valence electrons. The van der Waals surface area contributed by atoms with Gasteiger partial charge >= 0.3 is 25.8 Å². The van der Waals surface area contributed by atoms with Crippen molar-refractivity contribution in [1.82, 2.24) is 0 Å². The van der Waals surface area contributed by atoms with Crippen LogP contribution < -0.4 is 24.8 Å². The molecule has 0 aliphatic carbocycles. The van der Waals surface area contributed by atoms with Crippen LogP contribution in [-0.2, 0) is 25.8 Å². The number of hydrogen-bond acceptors (Lipinski definition) is 0. The van der Waals surface area contributed by atoms with Crippen molar-refractivity contribution in [3.63, 3.8) is 0 Å². The zero-order chi connectivity index (χ0) is 8.24. The molecule has 0 saturated heterocycles. The van der Waals surface area contributed by atoms with Gasteiger partial charge in [-0.05, 0) is 0 Å². The molecule has 0 radical (unpaired) electrons. The van der Waals surface area contributed by atoms with Crippen LogP contribution in [0.3, 0.4) is 0 Å². The molecule has 0 atom stereocenters. The van der Waals surface area contributed by atoms with Gasteiger partial charge in [-0.2, -0.15) is 26.2 Å². The third-order valence-electron chi connectivity index (χ3n) is 0.894. The molecule has 0 spiro atoms. The number of halogens is 2. The second-order valence-electron chi connectivity index (χ2n) is 1.71. The van der Waals surface area contributed by atoms with Crippen LogP contribution in [0.1, 0.15) is 27.7 Å². The first-order chi connectivity index (χ1) is 4.83. The average Bonchev–Trinajstić information content (AvgIpc) is 1.93. The summed E-state index contributed by atoms with van der Waals surface area (Å²) in [6, 6.07) is 0. The Kier molecular flexibility index (Phi) is 84.8. The van der Waals surface area contributed by atoms with Gasteiger partial charge in [0.05, 0.1) is 0 Å². The first-order valence-electron chi connectivity index (χ1n) is 4.09. The minimum absolute atomic E-state index is 0. The van der Waals surface area contributed by atoms with Crippen molar-refractivity contribution in [2.75, 3.05) is 26.2 Å². The van der Waals surface area contributed by atoms with E-state index in [2.05, 4.69) is 10.6 Å². The maximum absolute atomic E-state index is 3.97. The molecule has 0 saturated carbocycles. The van der Waals surface area contributed by atoms with Crippen molar-refractivity contribution in [3.05, 3.63) is 10.6 Å². The van der Waals surface area contributed by atoms with Crippen molar-refractivity contribution in [2.45, 2.75) is 27.7 Å². The average molecular weight is 394 g/mol. The maximum Gasteiger partial charge on any atom is 4.00 e. The van der Waals surface area contributed by atoms with Gasteiger partial charge in [0.25, 0.3) is 0 Å². The summed E-state index contributed by atoms with van der Waals surface area (Å²) in [4.78, 5) is 0. The first kappa shape index (κ1) is 29.3. The van der Waals surface area contributed by atoms with E-state index in [4.69, 9.17) is 0 Å². The standard InChI is InChI=1S/2C4H10N.2ClH.Hf/c2*1-3-5-4-2;;;/h2*3-4H2,1-2H3;2*1H;/q2*-1;;;+4/p-2. The molecule has 13 heavy (non-hydrogen) atoms. The molecule has 0 aromatic carbocycles. The molecule has 0 aliphatic heterocycles. The van der Waals surface area contributed by atoms with Gasteiger partial charge in [-0.3, -0.25) is 0 Å².